The lowest BCUT2D eigenvalue weighted by Crippen LogP contribution is -2.49. The quantitative estimate of drug-likeness (QED) is 0.771. The molecule has 1 fully saturated rings. The van der Waals surface area contributed by atoms with Crippen LogP contribution in [0.3, 0.4) is 0 Å². The third kappa shape index (κ3) is 3.06. The summed E-state index contributed by atoms with van der Waals surface area (Å²) in [6.07, 6.45) is 0. The van der Waals surface area contributed by atoms with Crippen LogP contribution in [0.5, 0.6) is 0 Å². The molecule has 26 heavy (non-hydrogen) atoms. The molecule has 0 unspecified atom stereocenters. The molecule has 0 bridgehead atoms. The monoisotopic (exact) mass is 348 g/mol. The fraction of sp³-hybridized carbons (Fsp3) is 0.250. The van der Waals surface area contributed by atoms with Crippen LogP contribution in [0, 0.1) is 6.92 Å². The predicted octanol–water partition coefficient (Wildman–Crippen LogP) is 2.19. The summed E-state index contributed by atoms with van der Waals surface area (Å²) in [6.45, 7) is 4.33. The molecule has 1 aromatic carbocycles. The Morgan fingerprint density at radius 3 is 2.54 bits per heavy atom. The summed E-state index contributed by atoms with van der Waals surface area (Å²) < 4.78 is 0. The molecule has 0 saturated carbocycles. The van der Waals surface area contributed by atoms with Gasteiger partial charge in [0.05, 0.1) is 5.52 Å². The molecule has 1 amide bonds. The van der Waals surface area contributed by atoms with Crippen LogP contribution in [0.25, 0.3) is 10.9 Å². The molecule has 0 atom stereocenters. The Labute approximate surface area is 151 Å². The number of pyridine rings is 2. The van der Waals surface area contributed by atoms with Gasteiger partial charge in [-0.3, -0.25) is 9.59 Å². The van der Waals surface area contributed by atoms with Crippen molar-refractivity contribution in [3.63, 3.8) is 0 Å². The van der Waals surface area contributed by atoms with Crippen molar-refractivity contribution in [2.45, 2.75) is 6.92 Å². The van der Waals surface area contributed by atoms with Gasteiger partial charge in [0.15, 0.2) is 0 Å². The topological polar surface area (TPSA) is 69.3 Å². The number of rotatable bonds is 2. The maximum Gasteiger partial charge on any atom is 0.260 e. The van der Waals surface area contributed by atoms with Gasteiger partial charge in [0.25, 0.3) is 11.5 Å². The molecule has 1 saturated heterocycles. The van der Waals surface area contributed by atoms with E-state index in [1.165, 1.54) is 0 Å². The van der Waals surface area contributed by atoms with Gasteiger partial charge >= 0.3 is 0 Å². The standard InChI is InChI=1S/C20H20N4O2/c1-14-6-8-16(19(25)21-14)20(26)24-12-10-23(11-13-24)18-9-7-15-4-2-3-5-17(15)22-18/h2-9H,10-13H2,1H3,(H,21,25). The molecule has 2 aromatic heterocycles. The Balaban J connectivity index is 1.47. The third-order valence-electron chi connectivity index (χ3n) is 4.76. The van der Waals surface area contributed by atoms with Gasteiger partial charge < -0.3 is 14.8 Å². The van der Waals surface area contributed by atoms with E-state index in [0.29, 0.717) is 26.2 Å². The lowest BCUT2D eigenvalue weighted by Gasteiger charge is -2.35. The number of hydrogen-bond donors (Lipinski definition) is 1. The lowest BCUT2D eigenvalue weighted by atomic mass is 10.2. The van der Waals surface area contributed by atoms with Crippen LogP contribution < -0.4 is 10.5 Å². The van der Waals surface area contributed by atoms with Gasteiger partial charge in [0.2, 0.25) is 0 Å². The van der Waals surface area contributed by atoms with Crippen LogP contribution >= 0.6 is 0 Å². The largest absolute Gasteiger partial charge is 0.353 e. The minimum Gasteiger partial charge on any atom is -0.353 e. The van der Waals surface area contributed by atoms with Crippen molar-refractivity contribution >= 4 is 22.6 Å². The van der Waals surface area contributed by atoms with Gasteiger partial charge in [0, 0.05) is 37.3 Å². The normalized spacial score (nSPS) is 14.7. The maximum atomic E-state index is 12.6. The van der Waals surface area contributed by atoms with E-state index in [-0.39, 0.29) is 17.0 Å². The zero-order valence-corrected chi connectivity index (χ0v) is 14.6. The van der Waals surface area contributed by atoms with Crippen LogP contribution in [-0.4, -0.2) is 47.0 Å². The molecule has 1 aliphatic rings. The van der Waals surface area contributed by atoms with Gasteiger partial charge in [-0.1, -0.05) is 18.2 Å². The van der Waals surface area contributed by atoms with E-state index in [1.54, 1.807) is 24.0 Å². The summed E-state index contributed by atoms with van der Waals surface area (Å²) in [4.78, 5) is 35.9. The van der Waals surface area contributed by atoms with E-state index < -0.39 is 0 Å². The number of carbonyl (C=O) groups is 1. The van der Waals surface area contributed by atoms with Gasteiger partial charge in [0.1, 0.15) is 11.4 Å². The van der Waals surface area contributed by atoms with Crippen LogP contribution in [0.15, 0.2) is 53.3 Å². The molecule has 6 nitrogen and oxygen atoms in total. The summed E-state index contributed by atoms with van der Waals surface area (Å²) in [7, 11) is 0. The van der Waals surface area contributed by atoms with Crippen molar-refractivity contribution in [3.8, 4) is 0 Å². The van der Waals surface area contributed by atoms with E-state index in [9.17, 15) is 9.59 Å². The highest BCUT2D eigenvalue weighted by atomic mass is 16.2. The molecule has 0 radical (unpaired) electrons. The molecule has 1 N–H and O–H groups in total. The number of fused-ring (bicyclic) bond motifs is 1. The number of nitrogens with zero attached hydrogens (tertiary/aromatic N) is 3. The minimum absolute atomic E-state index is 0.202. The molecular formula is C20H20N4O2. The molecule has 4 rings (SSSR count). The maximum absolute atomic E-state index is 12.6. The van der Waals surface area contributed by atoms with Crippen molar-refractivity contribution in [1.29, 1.82) is 0 Å². The highest BCUT2D eigenvalue weighted by Gasteiger charge is 2.24. The number of nitrogens with one attached hydrogen (secondary N) is 1. The number of aryl methyl sites for hydroxylation is 1. The second kappa shape index (κ2) is 6.63. The number of piperazine rings is 1. The Bertz CT molecular complexity index is 1020. The number of anilines is 1. The summed E-state index contributed by atoms with van der Waals surface area (Å²) in [5.41, 5.74) is 1.59. The smallest absolute Gasteiger partial charge is 0.260 e. The molecule has 132 valence electrons. The SMILES string of the molecule is Cc1ccc(C(=O)N2CCN(c3ccc4ccccc4n3)CC2)c(=O)[nH]1. The molecule has 1 aliphatic heterocycles. The first-order valence-corrected chi connectivity index (χ1v) is 8.72. The average molecular weight is 348 g/mol. The van der Waals surface area contributed by atoms with Crippen LogP contribution in [0.2, 0.25) is 0 Å². The zero-order valence-electron chi connectivity index (χ0n) is 14.6. The number of para-hydroxylation sites is 1. The van der Waals surface area contributed by atoms with Gasteiger partial charge in [-0.15, -0.1) is 0 Å². The van der Waals surface area contributed by atoms with Crippen LogP contribution in [-0.2, 0) is 0 Å². The van der Waals surface area contributed by atoms with E-state index in [1.807, 2.05) is 30.3 Å². The highest BCUT2D eigenvalue weighted by molar-refractivity contribution is 5.94. The highest BCUT2D eigenvalue weighted by Crippen LogP contribution is 2.19. The fourth-order valence-electron chi connectivity index (χ4n) is 3.28. The molecule has 0 aliphatic carbocycles. The van der Waals surface area contributed by atoms with Crippen molar-refractivity contribution in [2.24, 2.45) is 0 Å². The summed E-state index contributed by atoms with van der Waals surface area (Å²) in [6, 6.07) is 15.5. The second-order valence-corrected chi connectivity index (χ2v) is 6.53. The zero-order chi connectivity index (χ0) is 18.1. The van der Waals surface area contributed by atoms with E-state index in [0.717, 1.165) is 22.4 Å². The number of H-pyrrole nitrogens is 1. The summed E-state index contributed by atoms with van der Waals surface area (Å²) >= 11 is 0. The fourth-order valence-corrected chi connectivity index (χ4v) is 3.28. The first-order chi connectivity index (χ1) is 12.6. The lowest BCUT2D eigenvalue weighted by molar-refractivity contribution is 0.0744. The second-order valence-electron chi connectivity index (χ2n) is 6.53. The Hall–Kier alpha value is -3.15. The number of benzene rings is 1. The van der Waals surface area contributed by atoms with E-state index in [4.69, 9.17) is 4.98 Å². The van der Waals surface area contributed by atoms with Gasteiger partial charge in [-0.25, -0.2) is 4.98 Å². The summed E-state index contributed by atoms with van der Waals surface area (Å²) in [5.74, 6) is 0.710. The van der Waals surface area contributed by atoms with Crippen molar-refractivity contribution in [3.05, 3.63) is 70.1 Å². The molecular weight excluding hydrogens is 328 g/mol. The van der Waals surface area contributed by atoms with Crippen molar-refractivity contribution in [1.82, 2.24) is 14.9 Å². The predicted molar refractivity (Wildman–Crippen MR) is 102 cm³/mol. The Morgan fingerprint density at radius 2 is 1.77 bits per heavy atom. The average Bonchev–Trinajstić information content (AvgIpc) is 2.67. The van der Waals surface area contributed by atoms with Crippen molar-refractivity contribution in [2.75, 3.05) is 31.1 Å². The molecule has 0 spiro atoms. The number of amides is 1. The van der Waals surface area contributed by atoms with Gasteiger partial charge in [-0.05, 0) is 37.3 Å². The van der Waals surface area contributed by atoms with Crippen LogP contribution in [0.4, 0.5) is 5.82 Å². The Morgan fingerprint density at radius 1 is 1.00 bits per heavy atom. The summed E-state index contributed by atoms with van der Waals surface area (Å²) in [5, 5.41) is 1.11. The molecule has 3 heterocycles. The Kier molecular flexibility index (Phi) is 4.16. The molecule has 6 heteroatoms. The van der Waals surface area contributed by atoms with Crippen LogP contribution in [0.1, 0.15) is 16.1 Å². The van der Waals surface area contributed by atoms with E-state index in [2.05, 4.69) is 16.0 Å². The number of hydrogen-bond acceptors (Lipinski definition) is 4. The first-order valence-electron chi connectivity index (χ1n) is 8.72. The number of aromatic nitrogens is 2. The van der Waals surface area contributed by atoms with E-state index >= 15 is 0 Å². The third-order valence-corrected chi connectivity index (χ3v) is 4.76. The molecule has 3 aromatic rings. The first kappa shape index (κ1) is 16.3. The number of aromatic amines is 1. The van der Waals surface area contributed by atoms with Crippen molar-refractivity contribution < 1.29 is 4.79 Å². The minimum atomic E-state index is -0.325. The van der Waals surface area contributed by atoms with Gasteiger partial charge in [-0.2, -0.15) is 0 Å². The number of carbonyl (C=O) groups excluding carboxylic acids is 1.